The van der Waals surface area contributed by atoms with Gasteiger partial charge in [-0.3, -0.25) is 38.4 Å². The number of rotatable bonds is 16. The van der Waals surface area contributed by atoms with Crippen LogP contribution in [0.25, 0.3) is 0 Å². The van der Waals surface area contributed by atoms with Gasteiger partial charge < -0.3 is 42.3 Å². The summed E-state index contributed by atoms with van der Waals surface area (Å²) < 4.78 is 0. The molecule has 0 aromatic heterocycles. The highest BCUT2D eigenvalue weighted by Crippen LogP contribution is 2.07. The molecule has 0 saturated heterocycles. The standard InChI is InChI=1S/C20H31N5O11/c1-8(2)16(20(36)24-11(17(21)33)6-14(29)30)25-18(34)10(4-5-13(27)28)23-19(35)12(7-15(31)32)22-9(3)26/h8,10-12,16H,4-7H2,1-3H3,(H2,21,33)(H,22,26)(H,23,35)(H,24,36)(H,25,34)(H,27,28)(H,29,30)(H,31,32)/t10-,11-,12-,16-/m0/s1. The molecule has 0 heterocycles. The summed E-state index contributed by atoms with van der Waals surface area (Å²) in [4.78, 5) is 93.8. The van der Waals surface area contributed by atoms with Crippen LogP contribution in [0.3, 0.4) is 0 Å². The van der Waals surface area contributed by atoms with Crippen LogP contribution in [0.4, 0.5) is 0 Å². The van der Waals surface area contributed by atoms with Crippen molar-refractivity contribution in [1.82, 2.24) is 21.3 Å². The topological polar surface area (TPSA) is 271 Å². The van der Waals surface area contributed by atoms with E-state index in [-0.39, 0.29) is 0 Å². The van der Waals surface area contributed by atoms with E-state index in [2.05, 4.69) is 21.3 Å². The zero-order valence-corrected chi connectivity index (χ0v) is 19.9. The smallest absolute Gasteiger partial charge is 0.305 e. The van der Waals surface area contributed by atoms with Crippen molar-refractivity contribution in [2.75, 3.05) is 0 Å². The van der Waals surface area contributed by atoms with Crippen molar-refractivity contribution in [2.45, 2.75) is 70.6 Å². The molecule has 0 aromatic rings. The first-order chi connectivity index (χ1) is 16.5. The Balaban J connectivity index is 5.74. The van der Waals surface area contributed by atoms with E-state index in [0.717, 1.165) is 6.92 Å². The van der Waals surface area contributed by atoms with Crippen molar-refractivity contribution in [1.29, 1.82) is 0 Å². The molecule has 16 nitrogen and oxygen atoms in total. The maximum Gasteiger partial charge on any atom is 0.305 e. The summed E-state index contributed by atoms with van der Waals surface area (Å²) in [6, 6.07) is -6.07. The lowest BCUT2D eigenvalue weighted by atomic mass is 10.0. The third kappa shape index (κ3) is 12.3. The van der Waals surface area contributed by atoms with Gasteiger partial charge in [-0.2, -0.15) is 0 Å². The van der Waals surface area contributed by atoms with Crippen molar-refractivity contribution >= 4 is 47.4 Å². The lowest BCUT2D eigenvalue weighted by Crippen LogP contribution is -2.59. The zero-order chi connectivity index (χ0) is 28.2. The van der Waals surface area contributed by atoms with Gasteiger partial charge in [0.1, 0.15) is 24.2 Å². The Hall–Kier alpha value is -4.24. The highest BCUT2D eigenvalue weighted by molar-refractivity contribution is 5.96. The zero-order valence-electron chi connectivity index (χ0n) is 19.9. The largest absolute Gasteiger partial charge is 0.481 e. The van der Waals surface area contributed by atoms with Crippen molar-refractivity contribution in [3.8, 4) is 0 Å². The molecule has 0 saturated carbocycles. The molecule has 0 bridgehead atoms. The lowest BCUT2D eigenvalue weighted by Gasteiger charge is -2.27. The number of amides is 5. The van der Waals surface area contributed by atoms with Gasteiger partial charge in [-0.05, 0) is 12.3 Å². The van der Waals surface area contributed by atoms with Gasteiger partial charge in [0.15, 0.2) is 0 Å². The molecule has 0 spiro atoms. The number of primary amides is 1. The van der Waals surface area contributed by atoms with Gasteiger partial charge in [-0.25, -0.2) is 0 Å². The van der Waals surface area contributed by atoms with E-state index in [0.29, 0.717) is 0 Å². The van der Waals surface area contributed by atoms with E-state index < -0.39 is 103 Å². The predicted octanol–water partition coefficient (Wildman–Crippen LogP) is -3.10. The third-order valence-corrected chi connectivity index (χ3v) is 4.64. The Labute approximate surface area is 205 Å². The molecule has 202 valence electrons. The molecule has 0 aliphatic carbocycles. The van der Waals surface area contributed by atoms with E-state index in [9.17, 15) is 38.4 Å². The number of carbonyl (C=O) groups is 8. The number of aliphatic carboxylic acids is 3. The number of nitrogens with two attached hydrogens (primary N) is 1. The molecule has 4 atom stereocenters. The first kappa shape index (κ1) is 31.8. The van der Waals surface area contributed by atoms with Gasteiger partial charge in [0.2, 0.25) is 29.5 Å². The van der Waals surface area contributed by atoms with Gasteiger partial charge in [0.25, 0.3) is 0 Å². The minimum atomic E-state index is -1.58. The predicted molar refractivity (Wildman–Crippen MR) is 119 cm³/mol. The van der Waals surface area contributed by atoms with Crippen LogP contribution in [0, 0.1) is 5.92 Å². The molecular formula is C20H31N5O11. The number of carboxylic acid groups (broad SMARTS) is 3. The van der Waals surface area contributed by atoms with Crippen molar-refractivity contribution in [3.63, 3.8) is 0 Å². The Bertz CT molecular complexity index is 873. The molecule has 36 heavy (non-hydrogen) atoms. The summed E-state index contributed by atoms with van der Waals surface area (Å²) in [5, 5.41) is 35.5. The van der Waals surface area contributed by atoms with Crippen LogP contribution >= 0.6 is 0 Å². The SMILES string of the molecule is CC(=O)N[C@@H](CC(=O)O)C(=O)N[C@@H](CCC(=O)O)C(=O)N[C@H](C(=O)N[C@@H](CC(=O)O)C(N)=O)C(C)C. The first-order valence-corrected chi connectivity index (χ1v) is 10.7. The summed E-state index contributed by atoms with van der Waals surface area (Å²) in [6.07, 6.45) is -2.69. The van der Waals surface area contributed by atoms with Crippen molar-refractivity contribution in [2.24, 2.45) is 11.7 Å². The summed E-state index contributed by atoms with van der Waals surface area (Å²) in [5.41, 5.74) is 5.10. The Kier molecular flexibility index (Phi) is 13.1. The van der Waals surface area contributed by atoms with E-state index >= 15 is 0 Å². The number of hydrogen-bond donors (Lipinski definition) is 8. The summed E-state index contributed by atoms with van der Waals surface area (Å²) in [7, 11) is 0. The molecule has 0 unspecified atom stereocenters. The van der Waals surface area contributed by atoms with Gasteiger partial charge in [-0.1, -0.05) is 13.8 Å². The molecule has 0 aliphatic rings. The molecule has 5 amide bonds. The first-order valence-electron chi connectivity index (χ1n) is 10.7. The minimum Gasteiger partial charge on any atom is -0.481 e. The minimum absolute atomic E-state index is 0.456. The maximum atomic E-state index is 12.9. The fourth-order valence-corrected chi connectivity index (χ4v) is 2.89. The molecule has 0 radical (unpaired) electrons. The van der Waals surface area contributed by atoms with Crippen LogP contribution in [0.5, 0.6) is 0 Å². The average molecular weight is 517 g/mol. The Morgan fingerprint density at radius 1 is 0.667 bits per heavy atom. The molecule has 0 fully saturated rings. The van der Waals surface area contributed by atoms with Gasteiger partial charge >= 0.3 is 17.9 Å². The molecular weight excluding hydrogens is 486 g/mol. The fourth-order valence-electron chi connectivity index (χ4n) is 2.89. The molecule has 0 rings (SSSR count). The summed E-state index contributed by atoms with van der Waals surface area (Å²) >= 11 is 0. The lowest BCUT2D eigenvalue weighted by molar-refractivity contribution is -0.142. The Morgan fingerprint density at radius 3 is 1.56 bits per heavy atom. The fraction of sp³-hybridized carbons (Fsp3) is 0.600. The Morgan fingerprint density at radius 2 is 1.14 bits per heavy atom. The summed E-state index contributed by atoms with van der Waals surface area (Å²) in [5.74, 6) is -9.73. The molecule has 16 heteroatoms. The number of nitrogens with one attached hydrogen (secondary N) is 4. The second kappa shape index (κ2) is 14.9. The van der Waals surface area contributed by atoms with Crippen molar-refractivity contribution in [3.05, 3.63) is 0 Å². The maximum absolute atomic E-state index is 12.9. The van der Waals surface area contributed by atoms with Crippen LogP contribution in [0.15, 0.2) is 0 Å². The summed E-state index contributed by atoms with van der Waals surface area (Å²) in [6.45, 7) is 4.04. The molecule has 9 N–H and O–H groups in total. The highest BCUT2D eigenvalue weighted by Gasteiger charge is 2.33. The molecule has 0 aromatic carbocycles. The van der Waals surface area contributed by atoms with Crippen LogP contribution < -0.4 is 27.0 Å². The molecule has 0 aliphatic heterocycles. The van der Waals surface area contributed by atoms with E-state index in [4.69, 9.17) is 21.1 Å². The normalized spacial score (nSPS) is 13.9. The monoisotopic (exact) mass is 517 g/mol. The van der Waals surface area contributed by atoms with Gasteiger partial charge in [0, 0.05) is 13.3 Å². The quantitative estimate of drug-likeness (QED) is 0.101. The van der Waals surface area contributed by atoms with Gasteiger partial charge in [-0.15, -0.1) is 0 Å². The van der Waals surface area contributed by atoms with E-state index in [1.165, 1.54) is 13.8 Å². The van der Waals surface area contributed by atoms with E-state index in [1.54, 1.807) is 0 Å². The third-order valence-electron chi connectivity index (χ3n) is 4.64. The van der Waals surface area contributed by atoms with Crippen LogP contribution in [0.2, 0.25) is 0 Å². The highest BCUT2D eigenvalue weighted by atomic mass is 16.4. The average Bonchev–Trinajstić information content (AvgIpc) is 2.71. The number of carbonyl (C=O) groups excluding carboxylic acids is 5. The van der Waals surface area contributed by atoms with Crippen LogP contribution in [-0.2, 0) is 38.4 Å². The number of hydrogen-bond acceptors (Lipinski definition) is 8. The van der Waals surface area contributed by atoms with E-state index in [1.807, 2.05) is 0 Å². The van der Waals surface area contributed by atoms with Gasteiger partial charge in [0.05, 0.1) is 12.8 Å². The van der Waals surface area contributed by atoms with Crippen LogP contribution in [0.1, 0.15) is 46.5 Å². The second-order valence-corrected chi connectivity index (χ2v) is 8.14. The number of carboxylic acids is 3. The van der Waals surface area contributed by atoms with Crippen LogP contribution in [-0.4, -0.2) is 86.9 Å². The van der Waals surface area contributed by atoms with Crippen molar-refractivity contribution < 1.29 is 53.7 Å². The second-order valence-electron chi connectivity index (χ2n) is 8.14.